The number of hydrogen-bond acceptors (Lipinski definition) is 1. The zero-order valence-corrected chi connectivity index (χ0v) is 23.0. The molecule has 0 atom stereocenters. The Hall–Kier alpha value is -3.65. The fourth-order valence-corrected chi connectivity index (χ4v) is 5.61. The lowest BCUT2D eigenvalue weighted by Crippen LogP contribution is -2.14. The third kappa shape index (κ3) is 5.91. The van der Waals surface area contributed by atoms with E-state index in [2.05, 4.69) is 116 Å². The number of imidazole rings is 1. The standard InChI is InChI=1S/C26H32N2.C10H8/c1-4-5-9-20-12-14-21(15-13-20)26-27-24-18-22(19(2)3)16-17-25(24)28(26)23-10-7-6-8-11-23;1-2-6-10-8-4-3-7-9(10)5-1/h12-18,23H,2,4-11H2,1,3H3;1-8H. The summed E-state index contributed by atoms with van der Waals surface area (Å²) >= 11 is 0. The van der Waals surface area contributed by atoms with Gasteiger partial charge in [-0.15, -0.1) is 0 Å². The molecule has 0 aliphatic heterocycles. The van der Waals surface area contributed by atoms with E-state index in [1.54, 1.807) is 0 Å². The van der Waals surface area contributed by atoms with Crippen molar-refractivity contribution in [1.29, 1.82) is 0 Å². The van der Waals surface area contributed by atoms with Crippen LogP contribution in [0.15, 0.2) is 97.6 Å². The maximum atomic E-state index is 5.11. The molecule has 0 saturated heterocycles. The summed E-state index contributed by atoms with van der Waals surface area (Å²) in [5.74, 6) is 1.13. The molecular weight excluding hydrogens is 460 g/mol. The highest BCUT2D eigenvalue weighted by atomic mass is 15.1. The van der Waals surface area contributed by atoms with Crippen molar-refractivity contribution in [3.63, 3.8) is 0 Å². The highest BCUT2D eigenvalue weighted by molar-refractivity contribution is 5.84. The van der Waals surface area contributed by atoms with Crippen molar-refractivity contribution >= 4 is 27.4 Å². The molecule has 1 aromatic heterocycles. The lowest BCUT2D eigenvalue weighted by molar-refractivity contribution is 0.362. The number of allylic oxidation sites excluding steroid dienone is 1. The van der Waals surface area contributed by atoms with Crippen LogP contribution in [-0.2, 0) is 6.42 Å². The van der Waals surface area contributed by atoms with Gasteiger partial charge in [0.25, 0.3) is 0 Å². The van der Waals surface area contributed by atoms with Gasteiger partial charge in [0.15, 0.2) is 0 Å². The molecule has 2 nitrogen and oxygen atoms in total. The Labute approximate surface area is 228 Å². The van der Waals surface area contributed by atoms with Gasteiger partial charge in [0.05, 0.1) is 11.0 Å². The number of unbranched alkanes of at least 4 members (excludes halogenated alkanes) is 1. The second-order valence-electron chi connectivity index (χ2n) is 10.7. The fourth-order valence-electron chi connectivity index (χ4n) is 5.61. The van der Waals surface area contributed by atoms with Crippen LogP contribution < -0.4 is 0 Å². The van der Waals surface area contributed by atoms with Gasteiger partial charge in [0.2, 0.25) is 0 Å². The number of benzene rings is 4. The molecule has 194 valence electrons. The number of nitrogens with zero attached hydrogens (tertiary/aromatic N) is 2. The molecule has 1 saturated carbocycles. The van der Waals surface area contributed by atoms with Gasteiger partial charge in [-0.3, -0.25) is 0 Å². The summed E-state index contributed by atoms with van der Waals surface area (Å²) in [6.45, 7) is 8.42. The van der Waals surface area contributed by atoms with Crippen molar-refractivity contribution in [1.82, 2.24) is 9.55 Å². The average molecular weight is 501 g/mol. The SMILES string of the molecule is C=C(C)c1ccc2c(c1)nc(-c1ccc(CCCC)cc1)n2C1CCCCC1.c1ccc2ccccc2c1. The van der Waals surface area contributed by atoms with Gasteiger partial charge in [-0.25, -0.2) is 4.98 Å². The van der Waals surface area contributed by atoms with Crippen LogP contribution in [0.1, 0.15) is 76.0 Å². The summed E-state index contributed by atoms with van der Waals surface area (Å²) in [5.41, 5.74) is 7.30. The van der Waals surface area contributed by atoms with Gasteiger partial charge in [-0.2, -0.15) is 0 Å². The van der Waals surface area contributed by atoms with Crippen molar-refractivity contribution in [3.05, 3.63) is 109 Å². The molecule has 0 spiro atoms. The topological polar surface area (TPSA) is 17.8 Å². The molecule has 0 amide bonds. The molecule has 5 aromatic rings. The van der Waals surface area contributed by atoms with Crippen LogP contribution in [-0.4, -0.2) is 9.55 Å². The molecule has 1 aliphatic carbocycles. The predicted molar refractivity (Wildman–Crippen MR) is 165 cm³/mol. The molecule has 0 bridgehead atoms. The maximum absolute atomic E-state index is 5.11. The van der Waals surface area contributed by atoms with Gasteiger partial charge in [-0.1, -0.05) is 124 Å². The van der Waals surface area contributed by atoms with Crippen LogP contribution >= 0.6 is 0 Å². The highest BCUT2D eigenvalue weighted by Gasteiger charge is 2.22. The number of aryl methyl sites for hydroxylation is 1. The largest absolute Gasteiger partial charge is 0.321 e. The van der Waals surface area contributed by atoms with E-state index in [1.165, 1.54) is 77.9 Å². The van der Waals surface area contributed by atoms with Crippen molar-refractivity contribution in [2.45, 2.75) is 71.3 Å². The van der Waals surface area contributed by atoms with Crippen molar-refractivity contribution < 1.29 is 0 Å². The fraction of sp³-hybridized carbons (Fsp3) is 0.306. The molecule has 4 aromatic carbocycles. The lowest BCUT2D eigenvalue weighted by Gasteiger charge is -2.25. The van der Waals surface area contributed by atoms with Crippen LogP contribution in [0, 0.1) is 0 Å². The quantitative estimate of drug-likeness (QED) is 0.227. The van der Waals surface area contributed by atoms with Gasteiger partial charge in [-0.05, 0) is 66.6 Å². The van der Waals surface area contributed by atoms with E-state index in [0.29, 0.717) is 6.04 Å². The van der Waals surface area contributed by atoms with Crippen LogP contribution in [0.2, 0.25) is 0 Å². The van der Waals surface area contributed by atoms with E-state index < -0.39 is 0 Å². The molecule has 1 heterocycles. The summed E-state index contributed by atoms with van der Waals surface area (Å²) in [4.78, 5) is 5.11. The summed E-state index contributed by atoms with van der Waals surface area (Å²) in [6.07, 6.45) is 10.2. The van der Waals surface area contributed by atoms with E-state index in [0.717, 1.165) is 23.3 Å². The van der Waals surface area contributed by atoms with Crippen LogP contribution in [0.25, 0.3) is 38.8 Å². The first-order valence-electron chi connectivity index (χ1n) is 14.3. The first-order valence-corrected chi connectivity index (χ1v) is 14.3. The minimum atomic E-state index is 0.559. The minimum Gasteiger partial charge on any atom is -0.321 e. The van der Waals surface area contributed by atoms with E-state index in [-0.39, 0.29) is 0 Å². The maximum Gasteiger partial charge on any atom is 0.141 e. The minimum absolute atomic E-state index is 0.559. The number of hydrogen-bond donors (Lipinski definition) is 0. The van der Waals surface area contributed by atoms with E-state index in [4.69, 9.17) is 4.98 Å². The van der Waals surface area contributed by atoms with E-state index >= 15 is 0 Å². The first-order chi connectivity index (χ1) is 18.6. The molecule has 0 radical (unpaired) electrons. The van der Waals surface area contributed by atoms with Crippen LogP contribution in [0.3, 0.4) is 0 Å². The smallest absolute Gasteiger partial charge is 0.141 e. The van der Waals surface area contributed by atoms with Crippen molar-refractivity contribution in [2.24, 2.45) is 0 Å². The molecule has 2 heteroatoms. The van der Waals surface area contributed by atoms with Crippen molar-refractivity contribution in [3.8, 4) is 11.4 Å². The second kappa shape index (κ2) is 12.3. The van der Waals surface area contributed by atoms with Gasteiger partial charge >= 0.3 is 0 Å². The Bertz CT molecular complexity index is 1430. The molecule has 6 rings (SSSR count). The monoisotopic (exact) mass is 500 g/mol. The van der Waals surface area contributed by atoms with E-state index in [9.17, 15) is 0 Å². The molecule has 0 N–H and O–H groups in total. The highest BCUT2D eigenvalue weighted by Crippen LogP contribution is 2.36. The molecule has 1 fully saturated rings. The zero-order chi connectivity index (χ0) is 26.3. The van der Waals surface area contributed by atoms with Gasteiger partial charge < -0.3 is 4.57 Å². The summed E-state index contributed by atoms with van der Waals surface area (Å²) in [6, 6.07) is 33.0. The Morgan fingerprint density at radius 2 is 1.47 bits per heavy atom. The molecule has 0 unspecified atom stereocenters. The zero-order valence-electron chi connectivity index (χ0n) is 23.0. The van der Waals surface area contributed by atoms with Gasteiger partial charge in [0.1, 0.15) is 5.82 Å². The second-order valence-corrected chi connectivity index (χ2v) is 10.7. The number of aromatic nitrogens is 2. The normalized spacial score (nSPS) is 13.8. The third-order valence-electron chi connectivity index (χ3n) is 7.81. The Balaban J connectivity index is 0.000000244. The Morgan fingerprint density at radius 1 is 0.842 bits per heavy atom. The molecule has 1 aliphatic rings. The number of fused-ring (bicyclic) bond motifs is 2. The van der Waals surface area contributed by atoms with Crippen molar-refractivity contribution in [2.75, 3.05) is 0 Å². The Kier molecular flexibility index (Phi) is 8.38. The third-order valence-corrected chi connectivity index (χ3v) is 7.81. The summed E-state index contributed by atoms with van der Waals surface area (Å²) in [5, 5.41) is 2.62. The molecule has 38 heavy (non-hydrogen) atoms. The Morgan fingerprint density at radius 3 is 2.05 bits per heavy atom. The summed E-state index contributed by atoms with van der Waals surface area (Å²) in [7, 11) is 0. The molecular formula is C36H40N2. The van der Waals surface area contributed by atoms with Gasteiger partial charge in [0, 0.05) is 11.6 Å². The predicted octanol–water partition coefficient (Wildman–Crippen LogP) is 10.4. The lowest BCUT2D eigenvalue weighted by atomic mass is 9.94. The van der Waals surface area contributed by atoms with E-state index in [1.807, 2.05) is 0 Å². The summed E-state index contributed by atoms with van der Waals surface area (Å²) < 4.78 is 2.53. The van der Waals surface area contributed by atoms with Crippen LogP contribution in [0.4, 0.5) is 0 Å². The van der Waals surface area contributed by atoms with Crippen LogP contribution in [0.5, 0.6) is 0 Å². The number of rotatable bonds is 6. The first kappa shape index (κ1) is 26.0. The average Bonchev–Trinajstić information content (AvgIpc) is 3.36.